The summed E-state index contributed by atoms with van der Waals surface area (Å²) < 4.78 is 22.4. The molecule has 0 atom stereocenters. The van der Waals surface area contributed by atoms with Crippen molar-refractivity contribution in [2.45, 2.75) is 44.4 Å². The fraction of sp³-hybridized carbons (Fsp3) is 0.615. The van der Waals surface area contributed by atoms with Crippen LogP contribution in [0.4, 0.5) is 0 Å². The van der Waals surface area contributed by atoms with Crippen LogP contribution >= 0.6 is 10.7 Å². The fourth-order valence-electron chi connectivity index (χ4n) is 1.82. The van der Waals surface area contributed by atoms with Gasteiger partial charge in [-0.25, -0.2) is 8.42 Å². The molecule has 0 saturated heterocycles. The number of hydrogen-bond acceptors (Lipinski definition) is 3. The third kappa shape index (κ3) is 4.83. The Morgan fingerprint density at radius 3 is 2.20 bits per heavy atom. The van der Waals surface area contributed by atoms with Crippen molar-refractivity contribution in [1.29, 1.82) is 0 Å². The van der Waals surface area contributed by atoms with Crippen LogP contribution in [0.2, 0.25) is 0 Å². The van der Waals surface area contributed by atoms with Gasteiger partial charge in [-0.05, 0) is 18.9 Å². The van der Waals surface area contributed by atoms with E-state index in [0.717, 1.165) is 25.7 Å². The summed E-state index contributed by atoms with van der Waals surface area (Å²) in [4.78, 5) is 16.7. The first kappa shape index (κ1) is 17.0. The fourth-order valence-corrected chi connectivity index (χ4v) is 2.55. The summed E-state index contributed by atoms with van der Waals surface area (Å²) in [6.45, 7) is 5.49. The molecule has 5 nitrogen and oxygen atoms in total. The highest BCUT2D eigenvalue weighted by atomic mass is 35.7. The summed E-state index contributed by atoms with van der Waals surface area (Å²) >= 11 is 0. The summed E-state index contributed by atoms with van der Waals surface area (Å²) in [6.07, 6.45) is 5.10. The number of nitrogens with one attached hydrogen (secondary N) is 1. The zero-order valence-electron chi connectivity index (χ0n) is 11.9. The Hall–Kier alpha value is -1.01. The van der Waals surface area contributed by atoms with Crippen molar-refractivity contribution < 1.29 is 13.2 Å². The monoisotopic (exact) mass is 320 g/mol. The normalized spacial score (nSPS) is 11.6. The van der Waals surface area contributed by atoms with Crippen LogP contribution in [0.3, 0.4) is 0 Å². The van der Waals surface area contributed by atoms with Crippen LogP contribution in [-0.2, 0) is 9.05 Å². The summed E-state index contributed by atoms with van der Waals surface area (Å²) in [7, 11) is 1.45. The lowest BCUT2D eigenvalue weighted by molar-refractivity contribution is 0.0746. The maximum Gasteiger partial charge on any atom is 0.270 e. The van der Waals surface area contributed by atoms with Gasteiger partial charge in [-0.2, -0.15) is 0 Å². The zero-order chi connectivity index (χ0) is 15.2. The number of hydrogen-bond donors (Lipinski definition) is 1. The van der Waals surface area contributed by atoms with Crippen molar-refractivity contribution in [3.8, 4) is 0 Å². The van der Waals surface area contributed by atoms with E-state index in [2.05, 4.69) is 18.8 Å². The molecule has 0 fully saturated rings. The van der Waals surface area contributed by atoms with Crippen LogP contribution in [0.25, 0.3) is 0 Å². The molecule has 1 N–H and O–H groups in total. The van der Waals surface area contributed by atoms with Gasteiger partial charge in [0.25, 0.3) is 15.0 Å². The molecule has 7 heteroatoms. The average molecular weight is 321 g/mol. The van der Waals surface area contributed by atoms with Crippen LogP contribution < -0.4 is 0 Å². The van der Waals surface area contributed by atoms with Crippen LogP contribution in [0.15, 0.2) is 17.2 Å². The van der Waals surface area contributed by atoms with Crippen molar-refractivity contribution in [2.24, 2.45) is 0 Å². The van der Waals surface area contributed by atoms with Gasteiger partial charge in [0, 0.05) is 30.0 Å². The average Bonchev–Trinajstić information content (AvgIpc) is 2.87. The Bertz CT molecular complexity index is 532. The Labute approximate surface area is 124 Å². The van der Waals surface area contributed by atoms with Crippen molar-refractivity contribution in [2.75, 3.05) is 13.1 Å². The smallest absolute Gasteiger partial charge is 0.270 e. The minimum atomic E-state index is -3.80. The maximum atomic E-state index is 12.4. The second kappa shape index (κ2) is 7.69. The zero-order valence-corrected chi connectivity index (χ0v) is 13.4. The summed E-state index contributed by atoms with van der Waals surface area (Å²) in [5.74, 6) is -0.182. The lowest BCUT2D eigenvalue weighted by atomic mass is 10.2. The van der Waals surface area contributed by atoms with Gasteiger partial charge in [-0.3, -0.25) is 4.79 Å². The molecule has 0 radical (unpaired) electrons. The van der Waals surface area contributed by atoms with Gasteiger partial charge in [-0.15, -0.1) is 0 Å². The molecular formula is C13H21ClN2O3S. The maximum absolute atomic E-state index is 12.4. The molecule has 1 aromatic rings. The number of halogens is 1. The van der Waals surface area contributed by atoms with E-state index in [0.29, 0.717) is 13.1 Å². The van der Waals surface area contributed by atoms with E-state index in [9.17, 15) is 13.2 Å². The van der Waals surface area contributed by atoms with Crippen molar-refractivity contribution in [3.05, 3.63) is 18.0 Å². The minimum Gasteiger partial charge on any atom is -0.356 e. The van der Waals surface area contributed by atoms with Gasteiger partial charge >= 0.3 is 0 Å². The van der Waals surface area contributed by atoms with E-state index in [1.54, 1.807) is 4.90 Å². The number of rotatable bonds is 8. The standard InChI is InChI=1S/C13H21ClN2O3S/c1-3-5-7-16(8-6-4-2)13(17)12-9-11(10-15-12)20(14,18)19/h9-10,15H,3-8H2,1-2H3. The Morgan fingerprint density at radius 2 is 1.80 bits per heavy atom. The molecular weight excluding hydrogens is 300 g/mol. The van der Waals surface area contributed by atoms with Gasteiger partial charge in [0.2, 0.25) is 0 Å². The van der Waals surface area contributed by atoms with Gasteiger partial charge in [0.1, 0.15) is 10.6 Å². The van der Waals surface area contributed by atoms with Crippen molar-refractivity contribution in [1.82, 2.24) is 9.88 Å². The molecule has 0 aromatic carbocycles. The summed E-state index contributed by atoms with van der Waals surface area (Å²) in [6, 6.07) is 1.29. The minimum absolute atomic E-state index is 0.0755. The molecule has 0 aliphatic carbocycles. The lowest BCUT2D eigenvalue weighted by Crippen LogP contribution is -2.33. The van der Waals surface area contributed by atoms with E-state index in [1.165, 1.54) is 12.3 Å². The molecule has 1 rings (SSSR count). The molecule has 0 bridgehead atoms. The van der Waals surface area contributed by atoms with Crippen LogP contribution in [-0.4, -0.2) is 37.3 Å². The number of aromatic nitrogens is 1. The SMILES string of the molecule is CCCCN(CCCC)C(=O)c1cc(S(=O)(=O)Cl)c[nH]1. The molecule has 0 unspecified atom stereocenters. The molecule has 1 heterocycles. The second-order valence-corrected chi connectivity index (χ2v) is 7.25. The van der Waals surface area contributed by atoms with Gasteiger partial charge in [0.05, 0.1) is 0 Å². The predicted octanol–water partition coefficient (Wildman–Crippen LogP) is 2.98. The number of amides is 1. The van der Waals surface area contributed by atoms with Crippen LogP contribution in [0.1, 0.15) is 50.0 Å². The van der Waals surface area contributed by atoms with E-state index in [4.69, 9.17) is 10.7 Å². The number of carbonyl (C=O) groups is 1. The number of H-pyrrole nitrogens is 1. The number of aromatic amines is 1. The third-order valence-electron chi connectivity index (χ3n) is 3.02. The molecule has 0 aliphatic heterocycles. The Morgan fingerprint density at radius 1 is 1.25 bits per heavy atom. The quantitative estimate of drug-likeness (QED) is 0.748. The highest BCUT2D eigenvalue weighted by Crippen LogP contribution is 2.17. The largest absolute Gasteiger partial charge is 0.356 e. The van der Waals surface area contributed by atoms with E-state index >= 15 is 0 Å². The number of nitrogens with zero attached hydrogens (tertiary/aromatic N) is 1. The molecule has 1 amide bonds. The molecule has 0 spiro atoms. The molecule has 0 aliphatic rings. The summed E-state index contributed by atoms with van der Waals surface area (Å²) in [5.41, 5.74) is 0.261. The molecule has 0 saturated carbocycles. The summed E-state index contributed by atoms with van der Waals surface area (Å²) in [5, 5.41) is 0. The highest BCUT2D eigenvalue weighted by Gasteiger charge is 2.20. The second-order valence-electron chi connectivity index (χ2n) is 4.69. The van der Waals surface area contributed by atoms with Gasteiger partial charge < -0.3 is 9.88 Å². The lowest BCUT2D eigenvalue weighted by Gasteiger charge is -2.21. The topological polar surface area (TPSA) is 70.2 Å². The van der Waals surface area contributed by atoms with Crippen LogP contribution in [0.5, 0.6) is 0 Å². The molecule has 114 valence electrons. The number of unbranched alkanes of at least 4 members (excludes halogenated alkanes) is 2. The first-order chi connectivity index (χ1) is 9.40. The first-order valence-corrected chi connectivity index (χ1v) is 9.13. The number of carbonyl (C=O) groups excluding carboxylic acids is 1. The molecule has 1 aromatic heterocycles. The van der Waals surface area contributed by atoms with Gasteiger partial charge in [-0.1, -0.05) is 26.7 Å². The Kier molecular flexibility index (Phi) is 6.55. The van der Waals surface area contributed by atoms with Crippen LogP contribution in [0, 0.1) is 0 Å². The highest BCUT2D eigenvalue weighted by molar-refractivity contribution is 8.13. The van der Waals surface area contributed by atoms with E-state index < -0.39 is 9.05 Å². The first-order valence-electron chi connectivity index (χ1n) is 6.82. The van der Waals surface area contributed by atoms with Crippen molar-refractivity contribution >= 4 is 25.6 Å². The van der Waals surface area contributed by atoms with E-state index in [1.807, 2.05) is 0 Å². The third-order valence-corrected chi connectivity index (χ3v) is 4.35. The van der Waals surface area contributed by atoms with Crippen molar-refractivity contribution in [3.63, 3.8) is 0 Å². The predicted molar refractivity (Wildman–Crippen MR) is 79.6 cm³/mol. The Balaban J connectivity index is 2.85. The van der Waals surface area contributed by atoms with E-state index in [-0.39, 0.29) is 16.5 Å². The molecule has 20 heavy (non-hydrogen) atoms. The van der Waals surface area contributed by atoms with Gasteiger partial charge in [0.15, 0.2) is 0 Å².